The molecule has 0 amide bonds. The molecule has 0 radical (unpaired) electrons. The zero-order valence-corrected chi connectivity index (χ0v) is 10.5. The van der Waals surface area contributed by atoms with Gasteiger partial charge in [0.05, 0.1) is 12.2 Å². The monoisotopic (exact) mass is 237 g/mol. The molecule has 3 nitrogen and oxygen atoms in total. The molecule has 0 spiro atoms. The van der Waals surface area contributed by atoms with Crippen LogP contribution < -0.4 is 5.30 Å². The van der Waals surface area contributed by atoms with Crippen molar-refractivity contribution in [3.63, 3.8) is 0 Å². The van der Waals surface area contributed by atoms with Gasteiger partial charge in [-0.1, -0.05) is 18.2 Å². The first-order valence-corrected chi connectivity index (χ1v) is 7.09. The van der Waals surface area contributed by atoms with E-state index in [9.17, 15) is 4.57 Å². The molecule has 0 heterocycles. The van der Waals surface area contributed by atoms with Gasteiger partial charge in [0, 0.05) is 17.9 Å². The van der Waals surface area contributed by atoms with E-state index >= 15 is 0 Å². The van der Waals surface area contributed by atoms with Crippen LogP contribution in [0.25, 0.3) is 0 Å². The average molecular weight is 237 g/mol. The number of nitriles is 1. The molecule has 1 aromatic rings. The normalized spacial score (nSPS) is 14.4. The fraction of sp³-hybridized carbons (Fsp3) is 0.417. The molecule has 0 fully saturated rings. The van der Waals surface area contributed by atoms with Gasteiger partial charge in [-0.2, -0.15) is 5.26 Å². The van der Waals surface area contributed by atoms with Gasteiger partial charge in [0.15, 0.2) is 0 Å². The Labute approximate surface area is 96.5 Å². The third kappa shape index (κ3) is 3.48. The maximum absolute atomic E-state index is 12.6. The van der Waals surface area contributed by atoms with Gasteiger partial charge < -0.3 is 4.52 Å². The molecule has 0 aliphatic rings. The molecule has 0 saturated carbocycles. The van der Waals surface area contributed by atoms with Gasteiger partial charge in [0.1, 0.15) is 0 Å². The van der Waals surface area contributed by atoms with E-state index in [1.54, 1.807) is 12.1 Å². The summed E-state index contributed by atoms with van der Waals surface area (Å²) in [5.41, 5.74) is 0. The molecule has 4 heteroatoms. The zero-order chi connectivity index (χ0) is 12.0. The van der Waals surface area contributed by atoms with Gasteiger partial charge in [0.2, 0.25) is 7.37 Å². The smallest absolute Gasteiger partial charge is 0.233 e. The van der Waals surface area contributed by atoms with Crippen molar-refractivity contribution in [3.8, 4) is 6.07 Å². The molecule has 0 aliphatic carbocycles. The lowest BCUT2D eigenvalue weighted by Crippen LogP contribution is -2.13. The van der Waals surface area contributed by atoms with Crippen molar-refractivity contribution in [1.82, 2.24) is 0 Å². The van der Waals surface area contributed by atoms with E-state index in [1.165, 1.54) is 0 Å². The summed E-state index contributed by atoms with van der Waals surface area (Å²) < 4.78 is 18.1. The van der Waals surface area contributed by atoms with Crippen molar-refractivity contribution in [1.29, 1.82) is 5.26 Å². The molecule has 1 rings (SSSR count). The highest BCUT2D eigenvalue weighted by Crippen LogP contribution is 2.47. The second-order valence-corrected chi connectivity index (χ2v) is 6.32. The third-order valence-corrected chi connectivity index (χ3v) is 4.71. The van der Waals surface area contributed by atoms with E-state index in [4.69, 9.17) is 9.79 Å². The van der Waals surface area contributed by atoms with Crippen molar-refractivity contribution >= 4 is 12.7 Å². The van der Waals surface area contributed by atoms with Crippen LogP contribution in [0.4, 0.5) is 0 Å². The fourth-order valence-corrected chi connectivity index (χ4v) is 3.62. The summed E-state index contributed by atoms with van der Waals surface area (Å²) in [5, 5.41) is 9.28. The lowest BCUT2D eigenvalue weighted by atomic mass is 10.4. The summed E-state index contributed by atoms with van der Waals surface area (Å²) in [6.07, 6.45) is 0.426. The second-order valence-electron chi connectivity index (χ2n) is 3.79. The second kappa shape index (κ2) is 5.84. The topological polar surface area (TPSA) is 50.1 Å². The van der Waals surface area contributed by atoms with Crippen LogP contribution in [0.1, 0.15) is 20.3 Å². The summed E-state index contributed by atoms with van der Waals surface area (Å²) in [4.78, 5) is 0. The minimum absolute atomic E-state index is 0.107. The highest BCUT2D eigenvalue weighted by atomic mass is 31.2. The summed E-state index contributed by atoms with van der Waals surface area (Å²) in [7, 11) is -2.87. The van der Waals surface area contributed by atoms with Crippen LogP contribution in [-0.2, 0) is 9.09 Å². The van der Waals surface area contributed by atoms with E-state index in [0.717, 1.165) is 0 Å². The molecule has 1 unspecified atom stereocenters. The Morgan fingerprint density at radius 3 is 2.50 bits per heavy atom. The van der Waals surface area contributed by atoms with E-state index in [0.29, 0.717) is 5.30 Å². The van der Waals surface area contributed by atoms with E-state index < -0.39 is 7.37 Å². The Morgan fingerprint density at radius 1 is 1.38 bits per heavy atom. The van der Waals surface area contributed by atoms with Crippen LogP contribution in [0, 0.1) is 11.3 Å². The molecular formula is C12H16NO2P. The Morgan fingerprint density at radius 2 is 2.00 bits per heavy atom. The van der Waals surface area contributed by atoms with Gasteiger partial charge in [-0.05, 0) is 26.0 Å². The van der Waals surface area contributed by atoms with Crippen LogP contribution in [0.2, 0.25) is 0 Å². The standard InChI is InChI=1S/C12H16NO2P/c1-11(2)15-16(14,10-6-9-13)12-7-4-3-5-8-12/h3-5,7-8,11H,6,10H2,1-2H3. The summed E-state index contributed by atoms with van der Waals surface area (Å²) in [5.74, 6) is 0. The minimum atomic E-state index is -2.87. The molecule has 0 aromatic heterocycles. The van der Waals surface area contributed by atoms with Gasteiger partial charge >= 0.3 is 0 Å². The van der Waals surface area contributed by atoms with Gasteiger partial charge in [-0.25, -0.2) is 0 Å². The largest absolute Gasteiger partial charge is 0.322 e. The van der Waals surface area contributed by atoms with Crippen LogP contribution in [-0.4, -0.2) is 12.3 Å². The number of benzene rings is 1. The number of rotatable bonds is 5. The first-order valence-electron chi connectivity index (χ1n) is 5.28. The van der Waals surface area contributed by atoms with Gasteiger partial charge in [-0.15, -0.1) is 0 Å². The fourth-order valence-electron chi connectivity index (χ4n) is 1.44. The first-order chi connectivity index (χ1) is 7.58. The predicted octanol–water partition coefficient (Wildman–Crippen LogP) is 2.93. The summed E-state index contributed by atoms with van der Waals surface area (Å²) >= 11 is 0. The molecular weight excluding hydrogens is 221 g/mol. The maximum atomic E-state index is 12.6. The maximum Gasteiger partial charge on any atom is 0.233 e. The quantitative estimate of drug-likeness (QED) is 0.740. The first kappa shape index (κ1) is 13.0. The highest BCUT2D eigenvalue weighted by Gasteiger charge is 2.26. The Bertz CT molecular complexity index is 409. The zero-order valence-electron chi connectivity index (χ0n) is 9.59. The summed E-state index contributed by atoms with van der Waals surface area (Å²) in [6.45, 7) is 3.70. The van der Waals surface area contributed by atoms with Crippen LogP contribution in [0.5, 0.6) is 0 Å². The molecule has 16 heavy (non-hydrogen) atoms. The lowest BCUT2D eigenvalue weighted by Gasteiger charge is -2.20. The van der Waals surface area contributed by atoms with Gasteiger partial charge in [-0.3, -0.25) is 4.57 Å². The van der Waals surface area contributed by atoms with Gasteiger partial charge in [0.25, 0.3) is 0 Å². The van der Waals surface area contributed by atoms with Crippen molar-refractivity contribution < 1.29 is 9.09 Å². The van der Waals surface area contributed by atoms with Crippen molar-refractivity contribution in [2.24, 2.45) is 0 Å². The Kier molecular flexibility index (Phi) is 4.73. The lowest BCUT2D eigenvalue weighted by molar-refractivity contribution is 0.249. The molecule has 0 aliphatic heterocycles. The molecule has 0 saturated heterocycles. The molecule has 1 atom stereocenters. The summed E-state index contributed by atoms with van der Waals surface area (Å²) in [6, 6.07) is 11.1. The molecule has 86 valence electrons. The van der Waals surface area contributed by atoms with Crippen molar-refractivity contribution in [2.45, 2.75) is 26.4 Å². The Hall–Kier alpha value is -1.10. The van der Waals surface area contributed by atoms with E-state index in [1.807, 2.05) is 38.1 Å². The number of hydrogen-bond donors (Lipinski definition) is 0. The number of hydrogen-bond acceptors (Lipinski definition) is 3. The third-order valence-electron chi connectivity index (χ3n) is 2.05. The highest BCUT2D eigenvalue weighted by molar-refractivity contribution is 7.67. The molecule has 0 N–H and O–H groups in total. The predicted molar refractivity (Wildman–Crippen MR) is 65.0 cm³/mol. The SMILES string of the molecule is CC(C)OP(=O)(CCC#N)c1ccccc1. The van der Waals surface area contributed by atoms with E-state index in [2.05, 4.69) is 0 Å². The Balaban J connectivity index is 2.96. The molecule has 1 aromatic carbocycles. The van der Waals surface area contributed by atoms with Crippen LogP contribution >= 0.6 is 7.37 Å². The minimum Gasteiger partial charge on any atom is -0.322 e. The number of nitrogens with zero attached hydrogens (tertiary/aromatic N) is 1. The van der Waals surface area contributed by atoms with Crippen molar-refractivity contribution in [3.05, 3.63) is 30.3 Å². The average Bonchev–Trinajstić information content (AvgIpc) is 2.27. The van der Waals surface area contributed by atoms with Crippen LogP contribution in [0.15, 0.2) is 30.3 Å². The molecule has 0 bridgehead atoms. The van der Waals surface area contributed by atoms with Crippen molar-refractivity contribution in [2.75, 3.05) is 6.16 Å². The van der Waals surface area contributed by atoms with E-state index in [-0.39, 0.29) is 18.7 Å². The van der Waals surface area contributed by atoms with Crippen LogP contribution in [0.3, 0.4) is 0 Å².